The Kier molecular flexibility index (Phi) is 9.63. The van der Waals surface area contributed by atoms with Crippen LogP contribution in [0.4, 0.5) is 5.69 Å². The maximum atomic E-state index is 14.0. The molecule has 12 heteroatoms. The molecular weight excluding hydrogens is 854 g/mol. The van der Waals surface area contributed by atoms with Gasteiger partial charge in [-0.25, -0.2) is 4.79 Å². The Labute approximate surface area is 294 Å². The summed E-state index contributed by atoms with van der Waals surface area (Å²) in [5.41, 5.74) is 9.13. The zero-order valence-corrected chi connectivity index (χ0v) is 34.9. The molecule has 1 heterocycles. The molecule has 0 radical (unpaired) electrons. The average Bonchev–Trinajstić information content (AvgIpc) is 2.88. The monoisotopic (exact) mass is 887 g/mol. The van der Waals surface area contributed by atoms with Gasteiger partial charge >= 0.3 is 5.97 Å². The molecule has 0 aromatic heterocycles. The highest BCUT2D eigenvalue weighted by molar-refractivity contribution is 9.11. The van der Waals surface area contributed by atoms with Gasteiger partial charge in [0, 0.05) is 22.2 Å². The second kappa shape index (κ2) is 12.0. The minimum atomic E-state index is -2.48. The Bertz CT molecular complexity index is 1840. The first-order chi connectivity index (χ1) is 20.0. The van der Waals surface area contributed by atoms with Crippen LogP contribution in [-0.2, 0) is 4.43 Å². The van der Waals surface area contributed by atoms with Gasteiger partial charge < -0.3 is 19.0 Å². The van der Waals surface area contributed by atoms with Crippen LogP contribution < -0.4 is 15.6 Å². The fourth-order valence-corrected chi connectivity index (χ4v) is 8.94. The summed E-state index contributed by atoms with van der Waals surface area (Å²) in [4.78, 5) is 27.0. The van der Waals surface area contributed by atoms with Crippen LogP contribution in [0.5, 0.6) is 5.75 Å². The van der Waals surface area contributed by atoms with Crippen LogP contribution in [0.1, 0.15) is 51.9 Å². The maximum absolute atomic E-state index is 14.0. The number of benzene rings is 3. The van der Waals surface area contributed by atoms with E-state index in [1.165, 1.54) is 0 Å². The number of carbonyl (C=O) groups excluding carboxylic acids is 1. The smallest absolute Gasteiger partial charge is 0.325 e. The van der Waals surface area contributed by atoms with Crippen LogP contribution in [-0.4, -0.2) is 22.6 Å². The van der Waals surface area contributed by atoms with Crippen molar-refractivity contribution in [2.24, 2.45) is 0 Å². The lowest BCUT2D eigenvalue weighted by molar-refractivity contribution is 0.0713. The first-order valence-corrected chi connectivity index (χ1v) is 23.1. The van der Waals surface area contributed by atoms with Crippen LogP contribution in [0.3, 0.4) is 0 Å². The molecule has 2 aliphatic rings. The maximum Gasteiger partial charge on any atom is 0.325 e. The number of fused-ring (bicyclic) bond motifs is 2. The minimum absolute atomic E-state index is 0.0529. The van der Waals surface area contributed by atoms with Gasteiger partial charge in [-0.15, -0.1) is 0 Å². The number of hydrogen-bond acceptors (Lipinski definition) is 6. The minimum Gasteiger partial charge on any atom is -0.542 e. The van der Waals surface area contributed by atoms with Crippen LogP contribution in [0, 0.1) is 0 Å². The summed E-state index contributed by atoms with van der Waals surface area (Å²) in [7, 11) is -4.74. The molecule has 1 aliphatic heterocycles. The van der Waals surface area contributed by atoms with Gasteiger partial charge in [0.25, 0.3) is 16.6 Å². The van der Waals surface area contributed by atoms with E-state index in [2.05, 4.69) is 118 Å². The standard InChI is InChI=1S/C32H37Br4NO5Si2/c1-31(2,3)43(7,8)41-29-22(34)15-20-23(19-14-21(33)26(38)24(35)27(19)40-28(20)25(29)36)17-12-11-16(37)13-18(17)30(39)42-44(9,10)32(4,5)6/h11-15H,37H2,1-10H3. The molecule has 0 saturated heterocycles. The molecule has 1 aliphatic carbocycles. The Balaban J connectivity index is 2.14. The quantitative estimate of drug-likeness (QED) is 0.122. The normalized spacial score (nSPS) is 13.0. The highest BCUT2D eigenvalue weighted by atomic mass is 79.9. The number of nitrogen functional groups attached to an aromatic ring is 1. The zero-order valence-electron chi connectivity index (χ0n) is 26.5. The summed E-state index contributed by atoms with van der Waals surface area (Å²) >= 11 is 14.5. The largest absolute Gasteiger partial charge is 0.542 e. The van der Waals surface area contributed by atoms with Crippen molar-refractivity contribution in [2.75, 3.05) is 5.73 Å². The predicted molar refractivity (Wildman–Crippen MR) is 200 cm³/mol. The van der Waals surface area contributed by atoms with Gasteiger partial charge in [-0.05, 0) is 130 Å². The molecule has 2 aromatic rings. The van der Waals surface area contributed by atoms with Crippen LogP contribution in [0.25, 0.3) is 33.4 Å². The van der Waals surface area contributed by atoms with E-state index in [0.29, 0.717) is 59.4 Å². The van der Waals surface area contributed by atoms with E-state index in [0.717, 1.165) is 4.47 Å². The van der Waals surface area contributed by atoms with Crippen molar-refractivity contribution in [2.45, 2.75) is 77.8 Å². The van der Waals surface area contributed by atoms with E-state index < -0.39 is 22.6 Å². The van der Waals surface area contributed by atoms with Gasteiger partial charge in [-0.3, -0.25) is 4.79 Å². The van der Waals surface area contributed by atoms with Gasteiger partial charge in [-0.2, -0.15) is 0 Å². The Hall–Kier alpha value is -1.45. The second-order valence-corrected chi connectivity index (χ2v) is 26.8. The van der Waals surface area contributed by atoms with Crippen molar-refractivity contribution < 1.29 is 18.1 Å². The summed E-state index contributed by atoms with van der Waals surface area (Å²) in [5.74, 6) is 0.502. The number of anilines is 1. The molecule has 0 atom stereocenters. The molecule has 0 saturated carbocycles. The van der Waals surface area contributed by atoms with E-state index in [9.17, 15) is 9.59 Å². The van der Waals surface area contributed by atoms with Crippen molar-refractivity contribution in [3.05, 3.63) is 64.0 Å². The summed E-state index contributed by atoms with van der Waals surface area (Å²) in [6.07, 6.45) is 0. The fourth-order valence-electron chi connectivity index (χ4n) is 4.17. The SMILES string of the molecule is CC(C)(C)[Si](C)(C)OC(=O)c1cc(N)ccc1-c1c2cc(Br)c(=O)c(Br)c-2oc2c(Br)c(O[Si](C)(C)C(C)(C)C)c(Br)cc12. The lowest BCUT2D eigenvalue weighted by Crippen LogP contribution is -2.44. The van der Waals surface area contributed by atoms with E-state index in [4.69, 9.17) is 19.0 Å². The molecule has 2 aromatic carbocycles. The van der Waals surface area contributed by atoms with E-state index in [1.54, 1.807) is 18.2 Å². The third-order valence-corrected chi connectivity index (χ3v) is 20.1. The molecule has 0 unspecified atom stereocenters. The lowest BCUT2D eigenvalue weighted by atomic mass is 9.90. The highest BCUT2D eigenvalue weighted by Crippen LogP contribution is 2.51. The topological polar surface area (TPSA) is 91.8 Å². The number of hydrogen-bond donors (Lipinski definition) is 1. The summed E-state index contributed by atoms with van der Waals surface area (Å²) in [6, 6.07) is 8.89. The summed E-state index contributed by atoms with van der Waals surface area (Å²) in [5, 5.41) is 0.454. The van der Waals surface area contributed by atoms with Crippen LogP contribution in [0.2, 0.25) is 36.3 Å². The van der Waals surface area contributed by atoms with Crippen molar-refractivity contribution in [3.63, 3.8) is 0 Å². The van der Waals surface area contributed by atoms with E-state index in [1.807, 2.05) is 25.2 Å². The molecule has 0 spiro atoms. The third kappa shape index (κ3) is 6.40. The van der Waals surface area contributed by atoms with Gasteiger partial charge in [-0.1, -0.05) is 47.6 Å². The fraction of sp³-hybridized carbons (Fsp3) is 0.375. The Morgan fingerprint density at radius 2 is 1.41 bits per heavy atom. The molecule has 0 bridgehead atoms. The number of nitrogens with two attached hydrogens (primary N) is 1. The molecule has 236 valence electrons. The Morgan fingerprint density at radius 1 is 0.818 bits per heavy atom. The van der Waals surface area contributed by atoms with Crippen molar-refractivity contribution in [3.8, 4) is 28.2 Å². The van der Waals surface area contributed by atoms with E-state index >= 15 is 0 Å². The highest BCUT2D eigenvalue weighted by Gasteiger charge is 2.42. The molecule has 44 heavy (non-hydrogen) atoms. The Morgan fingerprint density at radius 3 is 1.98 bits per heavy atom. The molecular formula is C32H37Br4NO5Si2. The first kappa shape index (κ1) is 35.4. The number of rotatable bonds is 5. The summed E-state index contributed by atoms with van der Waals surface area (Å²) < 4.78 is 21.5. The molecule has 0 amide bonds. The van der Waals surface area contributed by atoms with Gasteiger partial charge in [0.1, 0.15) is 14.7 Å². The van der Waals surface area contributed by atoms with Crippen molar-refractivity contribution >= 4 is 103 Å². The predicted octanol–water partition coefficient (Wildman–Crippen LogP) is 11.7. The van der Waals surface area contributed by atoms with Crippen molar-refractivity contribution in [1.29, 1.82) is 0 Å². The van der Waals surface area contributed by atoms with Gasteiger partial charge in [0.05, 0.1) is 14.5 Å². The lowest BCUT2D eigenvalue weighted by Gasteiger charge is -2.37. The van der Waals surface area contributed by atoms with Crippen molar-refractivity contribution in [1.82, 2.24) is 0 Å². The summed E-state index contributed by atoms with van der Waals surface area (Å²) in [6.45, 7) is 21.2. The van der Waals surface area contributed by atoms with Gasteiger partial charge in [0.2, 0.25) is 5.43 Å². The molecule has 2 N–H and O–H groups in total. The second-order valence-electron chi connectivity index (χ2n) is 14.1. The molecule has 6 nitrogen and oxygen atoms in total. The van der Waals surface area contributed by atoms with Crippen LogP contribution in [0.15, 0.2) is 57.4 Å². The van der Waals surface area contributed by atoms with Gasteiger partial charge in [0.15, 0.2) is 11.3 Å². The zero-order chi connectivity index (χ0) is 33.3. The molecule has 0 fully saturated rings. The van der Waals surface area contributed by atoms with Crippen LogP contribution >= 0.6 is 63.7 Å². The number of halogens is 4. The molecule has 4 rings (SSSR count). The van der Waals surface area contributed by atoms with E-state index in [-0.39, 0.29) is 20.0 Å². The first-order valence-electron chi connectivity index (χ1n) is 14.1. The number of carbonyl (C=O) groups is 1. The third-order valence-electron chi connectivity index (χ3n) is 8.86. The average molecular weight is 891 g/mol.